The molecule has 0 radical (unpaired) electrons. The Labute approximate surface area is 131 Å². The molecule has 0 saturated carbocycles. The van der Waals surface area contributed by atoms with E-state index in [9.17, 15) is 18.0 Å². The van der Waals surface area contributed by atoms with Gasteiger partial charge >= 0.3 is 12.1 Å². The molecule has 4 nitrogen and oxygen atoms in total. The van der Waals surface area contributed by atoms with Crippen LogP contribution in [0.5, 0.6) is 0 Å². The Hall–Kier alpha value is -2.28. The van der Waals surface area contributed by atoms with E-state index in [1.807, 2.05) is 0 Å². The number of halogens is 3. The van der Waals surface area contributed by atoms with Crippen LogP contribution in [-0.2, 0) is 22.1 Å². The Bertz CT molecular complexity index is 680. The molecule has 2 aromatic rings. The zero-order valence-electron chi connectivity index (χ0n) is 12.5. The van der Waals surface area contributed by atoms with Crippen LogP contribution >= 0.6 is 0 Å². The van der Waals surface area contributed by atoms with E-state index in [-0.39, 0.29) is 13.0 Å². The molecule has 0 amide bonds. The Kier molecular flexibility index (Phi) is 5.10. The summed E-state index contributed by atoms with van der Waals surface area (Å²) < 4.78 is 44.9. The second-order valence-corrected chi connectivity index (χ2v) is 4.98. The van der Waals surface area contributed by atoms with Crippen LogP contribution in [0.25, 0.3) is 5.69 Å². The summed E-state index contributed by atoms with van der Waals surface area (Å²) in [5, 5.41) is 0. The minimum Gasteiger partial charge on any atom is -0.465 e. The first kappa shape index (κ1) is 17.1. The number of benzene rings is 1. The van der Waals surface area contributed by atoms with Gasteiger partial charge in [0.2, 0.25) is 0 Å². The van der Waals surface area contributed by atoms with Crippen molar-refractivity contribution in [2.75, 3.05) is 6.61 Å². The number of esters is 1. The highest BCUT2D eigenvalue weighted by Crippen LogP contribution is 2.30. The molecule has 1 atom stereocenters. The molecule has 2 N–H and O–H groups in total. The van der Waals surface area contributed by atoms with Gasteiger partial charge in [0.25, 0.3) is 0 Å². The fraction of sp³-hybridized carbons (Fsp3) is 0.312. The molecule has 0 aliphatic rings. The summed E-state index contributed by atoms with van der Waals surface area (Å²) in [7, 11) is 0. The van der Waals surface area contributed by atoms with Crippen LogP contribution in [0.3, 0.4) is 0 Å². The van der Waals surface area contributed by atoms with Crippen LogP contribution in [0.15, 0.2) is 42.6 Å². The second kappa shape index (κ2) is 6.87. The van der Waals surface area contributed by atoms with Crippen molar-refractivity contribution in [1.29, 1.82) is 0 Å². The first-order chi connectivity index (χ1) is 10.8. The molecule has 0 saturated heterocycles. The van der Waals surface area contributed by atoms with Gasteiger partial charge in [-0.3, -0.25) is 4.79 Å². The maximum absolute atomic E-state index is 12.8. The van der Waals surface area contributed by atoms with Gasteiger partial charge in [0.15, 0.2) is 0 Å². The summed E-state index contributed by atoms with van der Waals surface area (Å²) in [6.45, 7) is 1.90. The molecule has 2 rings (SSSR count). The number of hydrogen-bond acceptors (Lipinski definition) is 3. The van der Waals surface area contributed by atoms with Crippen molar-refractivity contribution in [3.8, 4) is 5.69 Å². The molecule has 1 unspecified atom stereocenters. The van der Waals surface area contributed by atoms with E-state index in [1.54, 1.807) is 35.9 Å². The summed E-state index contributed by atoms with van der Waals surface area (Å²) in [5.41, 5.74) is 6.03. The largest absolute Gasteiger partial charge is 0.465 e. The lowest BCUT2D eigenvalue weighted by Gasteiger charge is -2.15. The smallest absolute Gasteiger partial charge is 0.416 e. The Morgan fingerprint density at radius 3 is 2.70 bits per heavy atom. The van der Waals surface area contributed by atoms with Gasteiger partial charge in [-0.05, 0) is 37.3 Å². The maximum atomic E-state index is 12.8. The topological polar surface area (TPSA) is 57.2 Å². The Morgan fingerprint density at radius 1 is 1.30 bits per heavy atom. The number of rotatable bonds is 5. The van der Waals surface area contributed by atoms with E-state index < -0.39 is 23.8 Å². The minimum absolute atomic E-state index is 0.169. The van der Waals surface area contributed by atoms with E-state index in [4.69, 9.17) is 10.5 Å². The molecule has 0 aliphatic carbocycles. The van der Waals surface area contributed by atoms with Gasteiger partial charge in [0.05, 0.1) is 12.2 Å². The van der Waals surface area contributed by atoms with Crippen molar-refractivity contribution in [3.63, 3.8) is 0 Å². The lowest BCUT2D eigenvalue weighted by atomic mass is 10.1. The molecule has 0 spiro atoms. The monoisotopic (exact) mass is 326 g/mol. The minimum atomic E-state index is -4.41. The fourth-order valence-electron chi connectivity index (χ4n) is 2.22. The quantitative estimate of drug-likeness (QED) is 0.860. The molecular weight excluding hydrogens is 309 g/mol. The fourth-order valence-corrected chi connectivity index (χ4v) is 2.22. The number of alkyl halides is 3. The summed E-state index contributed by atoms with van der Waals surface area (Å²) in [6.07, 6.45) is -2.62. The highest BCUT2D eigenvalue weighted by atomic mass is 19.4. The molecule has 1 aromatic carbocycles. The molecule has 1 heterocycles. The number of nitrogens with two attached hydrogens (primary N) is 1. The summed E-state index contributed by atoms with van der Waals surface area (Å²) in [5.74, 6) is -0.538. The van der Waals surface area contributed by atoms with E-state index in [0.717, 1.165) is 12.1 Å². The van der Waals surface area contributed by atoms with Gasteiger partial charge < -0.3 is 15.0 Å². The molecular formula is C16H17F3N2O2. The average Bonchev–Trinajstić information content (AvgIpc) is 2.95. The summed E-state index contributed by atoms with van der Waals surface area (Å²) in [4.78, 5) is 11.6. The third kappa shape index (κ3) is 4.13. The van der Waals surface area contributed by atoms with E-state index in [2.05, 4.69) is 0 Å². The standard InChI is InChI=1S/C16H17F3N2O2/c1-2-23-15(22)14(20)10-13-7-4-8-21(13)12-6-3-5-11(9-12)16(17,18)19/h3-9,14H,2,10,20H2,1H3. The summed E-state index contributed by atoms with van der Waals surface area (Å²) in [6, 6.07) is 7.50. The number of aromatic nitrogens is 1. The van der Waals surface area contributed by atoms with Crippen molar-refractivity contribution >= 4 is 5.97 Å². The number of carbonyl (C=O) groups is 1. The van der Waals surface area contributed by atoms with Gasteiger partial charge in [0, 0.05) is 24.0 Å². The molecule has 23 heavy (non-hydrogen) atoms. The molecule has 124 valence electrons. The number of carbonyl (C=O) groups excluding carboxylic acids is 1. The predicted molar refractivity (Wildman–Crippen MR) is 79.1 cm³/mol. The normalized spacial score (nSPS) is 12.9. The van der Waals surface area contributed by atoms with Crippen LogP contribution in [0.4, 0.5) is 13.2 Å². The van der Waals surface area contributed by atoms with Crippen LogP contribution in [0, 0.1) is 0 Å². The van der Waals surface area contributed by atoms with E-state index >= 15 is 0 Å². The maximum Gasteiger partial charge on any atom is 0.416 e. The number of ether oxygens (including phenoxy) is 1. The highest BCUT2D eigenvalue weighted by molar-refractivity contribution is 5.75. The SMILES string of the molecule is CCOC(=O)C(N)Cc1cccn1-c1cccc(C(F)(F)F)c1. The lowest BCUT2D eigenvalue weighted by Crippen LogP contribution is -2.34. The van der Waals surface area contributed by atoms with Crippen LogP contribution in [0.2, 0.25) is 0 Å². The Balaban J connectivity index is 2.26. The third-order valence-corrected chi connectivity index (χ3v) is 3.30. The van der Waals surface area contributed by atoms with Crippen molar-refractivity contribution in [1.82, 2.24) is 4.57 Å². The molecule has 1 aromatic heterocycles. The molecule has 0 bridgehead atoms. The van der Waals surface area contributed by atoms with Crippen molar-refractivity contribution < 1.29 is 22.7 Å². The van der Waals surface area contributed by atoms with Gasteiger partial charge in [-0.2, -0.15) is 13.2 Å². The zero-order chi connectivity index (χ0) is 17.0. The van der Waals surface area contributed by atoms with Crippen molar-refractivity contribution in [3.05, 3.63) is 53.9 Å². The zero-order valence-corrected chi connectivity index (χ0v) is 12.5. The van der Waals surface area contributed by atoms with Gasteiger partial charge in [-0.15, -0.1) is 0 Å². The highest BCUT2D eigenvalue weighted by Gasteiger charge is 2.30. The predicted octanol–water partition coefficient (Wildman–Crippen LogP) is 2.93. The lowest BCUT2D eigenvalue weighted by molar-refractivity contribution is -0.144. The molecule has 7 heteroatoms. The van der Waals surface area contributed by atoms with Crippen LogP contribution in [-0.4, -0.2) is 23.2 Å². The first-order valence-electron chi connectivity index (χ1n) is 7.09. The molecule has 0 aliphatic heterocycles. The van der Waals surface area contributed by atoms with Crippen molar-refractivity contribution in [2.24, 2.45) is 5.73 Å². The van der Waals surface area contributed by atoms with Gasteiger partial charge in [0.1, 0.15) is 6.04 Å². The first-order valence-corrected chi connectivity index (χ1v) is 7.09. The third-order valence-electron chi connectivity index (χ3n) is 3.30. The second-order valence-electron chi connectivity index (χ2n) is 4.98. The van der Waals surface area contributed by atoms with E-state index in [1.165, 1.54) is 6.07 Å². The number of nitrogens with zero attached hydrogens (tertiary/aromatic N) is 1. The van der Waals surface area contributed by atoms with Crippen molar-refractivity contribution in [2.45, 2.75) is 25.6 Å². The Morgan fingerprint density at radius 2 is 2.04 bits per heavy atom. The van der Waals surface area contributed by atoms with Gasteiger partial charge in [-0.25, -0.2) is 0 Å². The van der Waals surface area contributed by atoms with E-state index in [0.29, 0.717) is 11.4 Å². The summed E-state index contributed by atoms with van der Waals surface area (Å²) >= 11 is 0. The van der Waals surface area contributed by atoms with Crippen LogP contribution in [0.1, 0.15) is 18.2 Å². The van der Waals surface area contributed by atoms with Crippen LogP contribution < -0.4 is 5.73 Å². The molecule has 0 fully saturated rings. The average molecular weight is 326 g/mol. The number of hydrogen-bond donors (Lipinski definition) is 1. The van der Waals surface area contributed by atoms with Gasteiger partial charge in [-0.1, -0.05) is 6.07 Å².